The Kier molecular flexibility index (Phi) is 3.72. The maximum absolute atomic E-state index is 10.7. The first-order chi connectivity index (χ1) is 6.13. The maximum Gasteiger partial charge on any atom is 0.306 e. The van der Waals surface area contributed by atoms with E-state index in [0.717, 1.165) is 32.1 Å². The molecule has 3 atom stereocenters. The fourth-order valence-electron chi connectivity index (χ4n) is 2.08. The zero-order valence-corrected chi connectivity index (χ0v) is 8.07. The third-order valence-corrected chi connectivity index (χ3v) is 3.06. The minimum Gasteiger partial charge on any atom is -0.481 e. The summed E-state index contributed by atoms with van der Waals surface area (Å²) in [5.41, 5.74) is 0. The summed E-state index contributed by atoms with van der Waals surface area (Å²) in [4.78, 5) is 10.7. The first-order valence-corrected chi connectivity index (χ1v) is 5.04. The van der Waals surface area contributed by atoms with Gasteiger partial charge in [-0.05, 0) is 18.8 Å². The summed E-state index contributed by atoms with van der Waals surface area (Å²) in [7, 11) is 0. The number of aliphatic hydroxyl groups excluding tert-OH is 1. The van der Waals surface area contributed by atoms with Crippen LogP contribution in [0.15, 0.2) is 0 Å². The number of hydrogen-bond acceptors (Lipinski definition) is 2. The van der Waals surface area contributed by atoms with Gasteiger partial charge in [-0.3, -0.25) is 4.79 Å². The number of hydrogen-bond donors (Lipinski definition) is 2. The standard InChI is InChI=1S/C10H18O3/c1-7(10(12)13)8-5-3-2-4-6-9(8)11/h7-9,11H,2-6H2,1H3,(H,12,13). The van der Waals surface area contributed by atoms with E-state index in [2.05, 4.69) is 0 Å². The van der Waals surface area contributed by atoms with E-state index in [0.29, 0.717) is 0 Å². The highest BCUT2D eigenvalue weighted by Gasteiger charge is 2.30. The second kappa shape index (κ2) is 4.61. The van der Waals surface area contributed by atoms with Crippen LogP contribution in [0.1, 0.15) is 39.0 Å². The molecule has 0 radical (unpaired) electrons. The van der Waals surface area contributed by atoms with Crippen LogP contribution in [0.5, 0.6) is 0 Å². The number of rotatable bonds is 2. The van der Waals surface area contributed by atoms with E-state index in [4.69, 9.17) is 5.11 Å². The van der Waals surface area contributed by atoms with Gasteiger partial charge in [0.25, 0.3) is 0 Å². The van der Waals surface area contributed by atoms with E-state index >= 15 is 0 Å². The van der Waals surface area contributed by atoms with Crippen molar-refractivity contribution in [3.05, 3.63) is 0 Å². The van der Waals surface area contributed by atoms with Gasteiger partial charge in [-0.2, -0.15) is 0 Å². The maximum atomic E-state index is 10.7. The predicted molar refractivity (Wildman–Crippen MR) is 49.4 cm³/mol. The molecule has 1 rings (SSSR count). The van der Waals surface area contributed by atoms with Gasteiger partial charge in [0.2, 0.25) is 0 Å². The Morgan fingerprint density at radius 1 is 1.31 bits per heavy atom. The molecule has 3 unspecified atom stereocenters. The van der Waals surface area contributed by atoms with Crippen LogP contribution in [-0.2, 0) is 4.79 Å². The zero-order chi connectivity index (χ0) is 9.84. The molecule has 0 amide bonds. The minimum atomic E-state index is -0.786. The quantitative estimate of drug-likeness (QED) is 0.645. The van der Waals surface area contributed by atoms with Crippen LogP contribution in [0.25, 0.3) is 0 Å². The Bertz CT molecular complexity index is 179. The van der Waals surface area contributed by atoms with E-state index in [1.807, 2.05) is 0 Å². The zero-order valence-electron chi connectivity index (χ0n) is 8.07. The molecular weight excluding hydrogens is 168 g/mol. The van der Waals surface area contributed by atoms with Crippen LogP contribution >= 0.6 is 0 Å². The van der Waals surface area contributed by atoms with Crippen LogP contribution in [0.2, 0.25) is 0 Å². The third-order valence-electron chi connectivity index (χ3n) is 3.06. The highest BCUT2D eigenvalue weighted by molar-refractivity contribution is 5.69. The second-order valence-electron chi connectivity index (χ2n) is 4.00. The molecule has 3 nitrogen and oxygen atoms in total. The first-order valence-electron chi connectivity index (χ1n) is 5.04. The van der Waals surface area contributed by atoms with E-state index in [9.17, 15) is 9.90 Å². The average molecular weight is 186 g/mol. The highest BCUT2D eigenvalue weighted by atomic mass is 16.4. The molecule has 1 fully saturated rings. The predicted octanol–water partition coefficient (Wildman–Crippen LogP) is 1.65. The summed E-state index contributed by atoms with van der Waals surface area (Å²) < 4.78 is 0. The molecule has 13 heavy (non-hydrogen) atoms. The largest absolute Gasteiger partial charge is 0.481 e. The summed E-state index contributed by atoms with van der Waals surface area (Å²) in [5, 5.41) is 18.5. The highest BCUT2D eigenvalue weighted by Crippen LogP contribution is 2.29. The van der Waals surface area contributed by atoms with Gasteiger partial charge in [-0.1, -0.05) is 26.2 Å². The number of carboxylic acids is 1. The topological polar surface area (TPSA) is 57.5 Å². The summed E-state index contributed by atoms with van der Waals surface area (Å²) in [6.07, 6.45) is 4.42. The van der Waals surface area contributed by atoms with Crippen molar-refractivity contribution in [3.8, 4) is 0 Å². The summed E-state index contributed by atoms with van der Waals surface area (Å²) in [6.45, 7) is 1.70. The van der Waals surface area contributed by atoms with E-state index in [-0.39, 0.29) is 5.92 Å². The molecule has 0 aromatic heterocycles. The fraction of sp³-hybridized carbons (Fsp3) is 0.900. The van der Waals surface area contributed by atoms with Gasteiger partial charge in [0.05, 0.1) is 12.0 Å². The molecule has 2 N–H and O–H groups in total. The van der Waals surface area contributed by atoms with Crippen molar-refractivity contribution >= 4 is 5.97 Å². The van der Waals surface area contributed by atoms with Crippen LogP contribution in [0.4, 0.5) is 0 Å². The SMILES string of the molecule is CC(C(=O)O)C1CCCCCC1O. The molecule has 0 saturated heterocycles. The third kappa shape index (κ3) is 2.69. The van der Waals surface area contributed by atoms with Crippen LogP contribution in [0, 0.1) is 11.8 Å². The molecule has 1 aliphatic rings. The van der Waals surface area contributed by atoms with Gasteiger partial charge < -0.3 is 10.2 Å². The summed E-state index contributed by atoms with van der Waals surface area (Å²) in [6, 6.07) is 0. The van der Waals surface area contributed by atoms with Crippen molar-refractivity contribution in [2.45, 2.75) is 45.1 Å². The Balaban J connectivity index is 2.58. The Hall–Kier alpha value is -0.570. The molecule has 1 aliphatic carbocycles. The molecule has 0 aromatic rings. The molecule has 0 aromatic carbocycles. The van der Waals surface area contributed by atoms with Gasteiger partial charge in [-0.15, -0.1) is 0 Å². The van der Waals surface area contributed by atoms with E-state index in [1.165, 1.54) is 0 Å². The number of aliphatic hydroxyl groups is 1. The van der Waals surface area contributed by atoms with Gasteiger partial charge in [0, 0.05) is 0 Å². The van der Waals surface area contributed by atoms with Crippen LogP contribution < -0.4 is 0 Å². The first kappa shape index (κ1) is 10.5. The lowest BCUT2D eigenvalue weighted by Gasteiger charge is -2.23. The van der Waals surface area contributed by atoms with Gasteiger partial charge >= 0.3 is 5.97 Å². The summed E-state index contributed by atoms with van der Waals surface area (Å²) in [5.74, 6) is -1.24. The molecule has 0 bridgehead atoms. The number of carboxylic acid groups (broad SMARTS) is 1. The van der Waals surface area contributed by atoms with Crippen LogP contribution in [-0.4, -0.2) is 22.3 Å². The van der Waals surface area contributed by atoms with Gasteiger partial charge in [0.1, 0.15) is 0 Å². The Morgan fingerprint density at radius 3 is 2.54 bits per heavy atom. The lowest BCUT2D eigenvalue weighted by Crippen LogP contribution is -2.30. The molecule has 3 heteroatoms. The average Bonchev–Trinajstić information content (AvgIpc) is 2.28. The van der Waals surface area contributed by atoms with Crippen molar-refractivity contribution in [2.75, 3.05) is 0 Å². The van der Waals surface area contributed by atoms with Crippen molar-refractivity contribution < 1.29 is 15.0 Å². The lowest BCUT2D eigenvalue weighted by molar-refractivity contribution is -0.144. The number of carbonyl (C=O) groups is 1. The van der Waals surface area contributed by atoms with Crippen molar-refractivity contribution in [1.29, 1.82) is 0 Å². The molecule has 1 saturated carbocycles. The van der Waals surface area contributed by atoms with Gasteiger partial charge in [-0.25, -0.2) is 0 Å². The van der Waals surface area contributed by atoms with Gasteiger partial charge in [0.15, 0.2) is 0 Å². The molecule has 0 spiro atoms. The Morgan fingerprint density at radius 2 is 1.92 bits per heavy atom. The van der Waals surface area contributed by atoms with Crippen molar-refractivity contribution in [2.24, 2.45) is 11.8 Å². The fourth-order valence-corrected chi connectivity index (χ4v) is 2.08. The molecule has 76 valence electrons. The molecule has 0 heterocycles. The molecule has 0 aliphatic heterocycles. The minimum absolute atomic E-state index is 0.0417. The smallest absolute Gasteiger partial charge is 0.306 e. The lowest BCUT2D eigenvalue weighted by atomic mass is 9.85. The second-order valence-corrected chi connectivity index (χ2v) is 4.00. The monoisotopic (exact) mass is 186 g/mol. The molecular formula is C10H18O3. The van der Waals surface area contributed by atoms with E-state index < -0.39 is 18.0 Å². The van der Waals surface area contributed by atoms with E-state index in [1.54, 1.807) is 6.92 Å². The summed E-state index contributed by atoms with van der Waals surface area (Å²) >= 11 is 0. The number of aliphatic carboxylic acids is 1. The Labute approximate surface area is 78.8 Å². The van der Waals surface area contributed by atoms with Crippen molar-refractivity contribution in [1.82, 2.24) is 0 Å². The van der Waals surface area contributed by atoms with Crippen LogP contribution in [0.3, 0.4) is 0 Å². The normalized spacial score (nSPS) is 32.2. The van der Waals surface area contributed by atoms with Crippen molar-refractivity contribution in [3.63, 3.8) is 0 Å².